The number of aryl methyl sites for hydroxylation is 1. The van der Waals surface area contributed by atoms with Gasteiger partial charge in [0.2, 0.25) is 0 Å². The summed E-state index contributed by atoms with van der Waals surface area (Å²) in [4.78, 5) is 27.0. The number of amides is 2. The third-order valence-corrected chi connectivity index (χ3v) is 5.34. The molecule has 0 aliphatic rings. The van der Waals surface area contributed by atoms with Crippen molar-refractivity contribution in [2.75, 3.05) is 10.6 Å². The number of anilines is 2. The number of non-ortho nitro benzene ring substituents is 1. The number of thiazole rings is 1. The first kappa shape index (κ1) is 18.6. The molecule has 4 aromatic rings. The van der Waals surface area contributed by atoms with E-state index in [0.717, 1.165) is 20.8 Å². The molecule has 2 amide bonds. The number of fused-ring (bicyclic) bond motifs is 1. The Kier molecular flexibility index (Phi) is 4.92. The molecular weight excluding hydrogens is 388 g/mol. The van der Waals surface area contributed by atoms with E-state index in [1.807, 2.05) is 36.4 Å². The van der Waals surface area contributed by atoms with E-state index >= 15 is 0 Å². The summed E-state index contributed by atoms with van der Waals surface area (Å²) >= 11 is 1.63. The highest BCUT2D eigenvalue weighted by Crippen LogP contribution is 2.31. The summed E-state index contributed by atoms with van der Waals surface area (Å²) < 4.78 is 1.14. The fourth-order valence-corrected chi connectivity index (χ4v) is 3.88. The molecule has 0 aliphatic heterocycles. The molecule has 8 heteroatoms. The van der Waals surface area contributed by atoms with Crippen LogP contribution in [0.4, 0.5) is 21.9 Å². The minimum atomic E-state index is -0.488. The van der Waals surface area contributed by atoms with E-state index in [1.165, 1.54) is 29.8 Å². The number of nitro groups is 1. The topological polar surface area (TPSA) is 97.2 Å². The predicted octanol–water partition coefficient (Wildman–Crippen LogP) is 5.82. The molecule has 0 fully saturated rings. The maximum Gasteiger partial charge on any atom is 0.323 e. The average Bonchev–Trinajstić information content (AvgIpc) is 3.12. The number of benzene rings is 3. The highest BCUT2D eigenvalue weighted by Gasteiger charge is 2.09. The maximum absolute atomic E-state index is 12.1. The molecule has 2 N–H and O–H groups in total. The summed E-state index contributed by atoms with van der Waals surface area (Å²) in [5.41, 5.74) is 4.22. The van der Waals surface area contributed by atoms with Gasteiger partial charge >= 0.3 is 6.03 Å². The second-order valence-corrected chi connectivity index (χ2v) is 7.48. The van der Waals surface area contributed by atoms with Gasteiger partial charge in [-0.25, -0.2) is 9.78 Å². The fourth-order valence-electron chi connectivity index (χ4n) is 2.81. The first-order chi connectivity index (χ1) is 14.0. The van der Waals surface area contributed by atoms with Gasteiger partial charge < -0.3 is 10.6 Å². The summed E-state index contributed by atoms with van der Waals surface area (Å²) in [7, 11) is 0. The van der Waals surface area contributed by atoms with Crippen molar-refractivity contribution in [2.24, 2.45) is 0 Å². The number of carbonyl (C=O) groups excluding carboxylic acids is 1. The lowest BCUT2D eigenvalue weighted by Crippen LogP contribution is -2.19. The van der Waals surface area contributed by atoms with E-state index in [2.05, 4.69) is 28.6 Å². The molecule has 4 rings (SSSR count). The molecule has 1 heterocycles. The molecule has 144 valence electrons. The monoisotopic (exact) mass is 404 g/mol. The van der Waals surface area contributed by atoms with Crippen LogP contribution >= 0.6 is 11.3 Å². The SMILES string of the molecule is Cc1ccc2nc(-c3ccc(NC(=O)Nc4ccc([N+](=O)[O-])cc4)cc3)sc2c1. The Balaban J connectivity index is 1.43. The Morgan fingerprint density at radius 1 is 0.966 bits per heavy atom. The van der Waals surface area contributed by atoms with Crippen molar-refractivity contribution < 1.29 is 9.72 Å². The van der Waals surface area contributed by atoms with Gasteiger partial charge in [0.15, 0.2) is 0 Å². The number of aromatic nitrogens is 1. The van der Waals surface area contributed by atoms with Gasteiger partial charge in [0.1, 0.15) is 5.01 Å². The Morgan fingerprint density at radius 2 is 1.59 bits per heavy atom. The molecule has 0 atom stereocenters. The third-order valence-electron chi connectivity index (χ3n) is 4.27. The molecule has 0 saturated heterocycles. The van der Waals surface area contributed by atoms with E-state index in [0.29, 0.717) is 11.4 Å². The van der Waals surface area contributed by atoms with Gasteiger partial charge in [-0.05, 0) is 61.0 Å². The number of nitro benzene ring substituents is 1. The van der Waals surface area contributed by atoms with Gasteiger partial charge in [-0.15, -0.1) is 11.3 Å². The molecule has 29 heavy (non-hydrogen) atoms. The lowest BCUT2D eigenvalue weighted by atomic mass is 10.2. The zero-order valence-electron chi connectivity index (χ0n) is 15.4. The second-order valence-electron chi connectivity index (χ2n) is 6.45. The van der Waals surface area contributed by atoms with Gasteiger partial charge in [-0.3, -0.25) is 10.1 Å². The highest BCUT2D eigenvalue weighted by atomic mass is 32.1. The number of hydrogen-bond donors (Lipinski definition) is 2. The van der Waals surface area contributed by atoms with Crippen molar-refractivity contribution in [3.63, 3.8) is 0 Å². The van der Waals surface area contributed by atoms with Crippen molar-refractivity contribution in [3.8, 4) is 10.6 Å². The molecule has 0 spiro atoms. The summed E-state index contributed by atoms with van der Waals surface area (Å²) in [5.74, 6) is 0. The van der Waals surface area contributed by atoms with E-state index in [9.17, 15) is 14.9 Å². The van der Waals surface area contributed by atoms with Crippen molar-refractivity contribution in [1.82, 2.24) is 4.98 Å². The quantitative estimate of drug-likeness (QED) is 0.331. The van der Waals surface area contributed by atoms with Crippen LogP contribution in [0.15, 0.2) is 66.7 Å². The fraction of sp³-hybridized carbons (Fsp3) is 0.0476. The number of rotatable bonds is 4. The number of urea groups is 1. The Labute approximate surface area is 170 Å². The van der Waals surface area contributed by atoms with E-state index < -0.39 is 11.0 Å². The Morgan fingerprint density at radius 3 is 2.21 bits per heavy atom. The molecule has 0 aliphatic carbocycles. The highest BCUT2D eigenvalue weighted by molar-refractivity contribution is 7.21. The molecule has 0 unspecified atom stereocenters. The maximum atomic E-state index is 12.1. The minimum absolute atomic E-state index is 0.0310. The van der Waals surface area contributed by atoms with E-state index in [-0.39, 0.29) is 5.69 Å². The zero-order valence-corrected chi connectivity index (χ0v) is 16.2. The molecule has 3 aromatic carbocycles. The van der Waals surface area contributed by atoms with E-state index in [1.54, 1.807) is 11.3 Å². The number of nitrogens with one attached hydrogen (secondary N) is 2. The lowest BCUT2D eigenvalue weighted by Gasteiger charge is -2.08. The largest absolute Gasteiger partial charge is 0.323 e. The van der Waals surface area contributed by atoms with Crippen molar-refractivity contribution in [3.05, 3.63) is 82.4 Å². The van der Waals surface area contributed by atoms with Gasteiger partial charge in [-0.1, -0.05) is 6.07 Å². The van der Waals surface area contributed by atoms with Gasteiger partial charge in [-0.2, -0.15) is 0 Å². The zero-order chi connectivity index (χ0) is 20.4. The molecule has 0 saturated carbocycles. The van der Waals surface area contributed by atoms with Crippen LogP contribution in [0.2, 0.25) is 0 Å². The normalized spacial score (nSPS) is 10.7. The van der Waals surface area contributed by atoms with Crippen molar-refractivity contribution >= 4 is 44.6 Å². The van der Waals surface area contributed by atoms with Gasteiger partial charge in [0, 0.05) is 29.1 Å². The standard InChI is InChI=1S/C21H16N4O3S/c1-13-2-11-18-19(12-13)29-20(24-18)14-3-5-15(6-4-14)22-21(26)23-16-7-9-17(10-8-16)25(27)28/h2-12H,1H3,(H2,22,23,26). The Bertz CT molecular complexity index is 1200. The minimum Gasteiger partial charge on any atom is -0.308 e. The molecule has 1 aromatic heterocycles. The third kappa shape index (κ3) is 4.22. The smallest absolute Gasteiger partial charge is 0.308 e. The predicted molar refractivity (Wildman–Crippen MR) is 116 cm³/mol. The van der Waals surface area contributed by atoms with Crippen LogP contribution in [0.5, 0.6) is 0 Å². The van der Waals surface area contributed by atoms with Crippen LogP contribution in [-0.4, -0.2) is 15.9 Å². The first-order valence-electron chi connectivity index (χ1n) is 8.78. The molecule has 7 nitrogen and oxygen atoms in total. The average molecular weight is 404 g/mol. The summed E-state index contributed by atoms with van der Waals surface area (Å²) in [6.07, 6.45) is 0. The van der Waals surface area contributed by atoms with Crippen molar-refractivity contribution in [2.45, 2.75) is 6.92 Å². The van der Waals surface area contributed by atoms with Gasteiger partial charge in [0.05, 0.1) is 15.1 Å². The summed E-state index contributed by atoms with van der Waals surface area (Å²) in [5, 5.41) is 17.0. The number of nitrogens with zero attached hydrogens (tertiary/aromatic N) is 2. The summed E-state index contributed by atoms with van der Waals surface area (Å²) in [6.45, 7) is 2.06. The second kappa shape index (κ2) is 7.69. The van der Waals surface area contributed by atoms with Crippen LogP contribution in [0.3, 0.4) is 0 Å². The van der Waals surface area contributed by atoms with E-state index in [4.69, 9.17) is 0 Å². The lowest BCUT2D eigenvalue weighted by molar-refractivity contribution is -0.384. The molecule has 0 radical (unpaired) electrons. The van der Waals surface area contributed by atoms with Crippen LogP contribution in [0.1, 0.15) is 5.56 Å². The van der Waals surface area contributed by atoms with Crippen LogP contribution < -0.4 is 10.6 Å². The van der Waals surface area contributed by atoms with Gasteiger partial charge in [0.25, 0.3) is 5.69 Å². The molecular formula is C21H16N4O3S. The van der Waals surface area contributed by atoms with Crippen LogP contribution in [0.25, 0.3) is 20.8 Å². The van der Waals surface area contributed by atoms with Crippen molar-refractivity contribution in [1.29, 1.82) is 0 Å². The number of hydrogen-bond acceptors (Lipinski definition) is 5. The molecule has 0 bridgehead atoms. The Hall–Kier alpha value is -3.78. The summed E-state index contributed by atoms with van der Waals surface area (Å²) in [6, 6.07) is 18.8. The first-order valence-corrected chi connectivity index (χ1v) is 9.60. The van der Waals surface area contributed by atoms with Crippen LogP contribution in [-0.2, 0) is 0 Å². The number of carbonyl (C=O) groups is 1. The van der Waals surface area contributed by atoms with Crippen LogP contribution in [0, 0.1) is 17.0 Å².